The number of nitro benzene ring substituents is 1. The SMILES string of the molecule is O=C(COc1ccccc1)N/N=C\c1ccc(-c2cc([N+](=O)[O-])ccc2Cl)o1. The molecular formula is C19H14ClN3O5. The van der Waals surface area contributed by atoms with E-state index in [4.69, 9.17) is 20.8 Å². The van der Waals surface area contributed by atoms with E-state index in [1.807, 2.05) is 6.07 Å². The van der Waals surface area contributed by atoms with Gasteiger partial charge in [-0.25, -0.2) is 5.43 Å². The largest absolute Gasteiger partial charge is 0.484 e. The van der Waals surface area contributed by atoms with Gasteiger partial charge in [-0.1, -0.05) is 29.8 Å². The molecule has 28 heavy (non-hydrogen) atoms. The van der Waals surface area contributed by atoms with Crippen molar-refractivity contribution >= 4 is 29.4 Å². The Morgan fingerprint density at radius 3 is 2.75 bits per heavy atom. The number of nitrogens with zero attached hydrogens (tertiary/aromatic N) is 2. The maximum absolute atomic E-state index is 11.7. The van der Waals surface area contributed by atoms with Crippen LogP contribution in [0, 0.1) is 10.1 Å². The third-order valence-electron chi connectivity index (χ3n) is 3.55. The van der Waals surface area contributed by atoms with Crippen molar-refractivity contribution in [3.63, 3.8) is 0 Å². The third-order valence-corrected chi connectivity index (χ3v) is 3.88. The van der Waals surface area contributed by atoms with Gasteiger partial charge in [-0.05, 0) is 30.3 Å². The summed E-state index contributed by atoms with van der Waals surface area (Å²) in [6.07, 6.45) is 1.30. The van der Waals surface area contributed by atoms with Gasteiger partial charge in [0.15, 0.2) is 6.61 Å². The van der Waals surface area contributed by atoms with Gasteiger partial charge in [0, 0.05) is 17.7 Å². The molecule has 0 saturated heterocycles. The number of nitro groups is 1. The summed E-state index contributed by atoms with van der Waals surface area (Å²) in [5.41, 5.74) is 2.60. The quantitative estimate of drug-likeness (QED) is 0.366. The first-order valence-electron chi connectivity index (χ1n) is 8.07. The third kappa shape index (κ3) is 4.95. The molecular weight excluding hydrogens is 386 g/mol. The van der Waals surface area contributed by atoms with Crippen molar-refractivity contribution in [1.82, 2.24) is 5.43 Å². The predicted molar refractivity (Wildman–Crippen MR) is 103 cm³/mol. The number of ether oxygens (including phenoxy) is 1. The highest BCUT2D eigenvalue weighted by Gasteiger charge is 2.14. The van der Waals surface area contributed by atoms with Crippen LogP contribution in [-0.4, -0.2) is 23.7 Å². The van der Waals surface area contributed by atoms with Gasteiger partial charge in [0.05, 0.1) is 16.2 Å². The predicted octanol–water partition coefficient (Wildman–Crippen LogP) is 4.04. The van der Waals surface area contributed by atoms with Crippen molar-refractivity contribution in [2.24, 2.45) is 5.10 Å². The Labute approximate surface area is 164 Å². The van der Waals surface area contributed by atoms with E-state index in [9.17, 15) is 14.9 Å². The number of hydrogen-bond acceptors (Lipinski definition) is 6. The second-order valence-electron chi connectivity index (χ2n) is 5.52. The van der Waals surface area contributed by atoms with Gasteiger partial charge in [-0.2, -0.15) is 5.10 Å². The summed E-state index contributed by atoms with van der Waals surface area (Å²) in [6.45, 7) is -0.186. The first-order chi connectivity index (χ1) is 13.5. The van der Waals surface area contributed by atoms with Crippen molar-refractivity contribution < 1.29 is 18.9 Å². The lowest BCUT2D eigenvalue weighted by atomic mass is 10.1. The Balaban J connectivity index is 1.59. The van der Waals surface area contributed by atoms with Crippen LogP contribution in [0.1, 0.15) is 5.76 Å². The van der Waals surface area contributed by atoms with Gasteiger partial charge in [0.1, 0.15) is 17.3 Å². The molecule has 0 radical (unpaired) electrons. The zero-order chi connectivity index (χ0) is 19.9. The van der Waals surface area contributed by atoms with Crippen molar-refractivity contribution in [1.29, 1.82) is 0 Å². The summed E-state index contributed by atoms with van der Waals surface area (Å²) in [5, 5.41) is 15.0. The number of non-ortho nitro benzene ring substituents is 1. The second-order valence-corrected chi connectivity index (χ2v) is 5.93. The first-order valence-corrected chi connectivity index (χ1v) is 8.44. The summed E-state index contributed by atoms with van der Waals surface area (Å²) < 4.78 is 10.9. The molecule has 3 rings (SSSR count). The number of hydrazone groups is 1. The molecule has 1 aromatic heterocycles. The zero-order valence-electron chi connectivity index (χ0n) is 14.4. The van der Waals surface area contributed by atoms with Gasteiger partial charge >= 0.3 is 0 Å². The molecule has 9 heteroatoms. The van der Waals surface area contributed by atoms with E-state index in [1.165, 1.54) is 24.4 Å². The van der Waals surface area contributed by atoms with Crippen molar-refractivity contribution in [3.8, 4) is 17.1 Å². The van der Waals surface area contributed by atoms with Gasteiger partial charge in [0.25, 0.3) is 11.6 Å². The fourth-order valence-electron chi connectivity index (χ4n) is 2.25. The van der Waals surface area contributed by atoms with E-state index in [0.29, 0.717) is 27.9 Å². The van der Waals surface area contributed by atoms with Gasteiger partial charge in [-0.3, -0.25) is 14.9 Å². The van der Waals surface area contributed by atoms with E-state index < -0.39 is 10.8 Å². The van der Waals surface area contributed by atoms with Crippen LogP contribution in [0.2, 0.25) is 5.02 Å². The Hall–Kier alpha value is -3.65. The maximum atomic E-state index is 11.7. The maximum Gasteiger partial charge on any atom is 0.277 e. The molecule has 0 saturated carbocycles. The average Bonchev–Trinajstić information content (AvgIpc) is 3.16. The van der Waals surface area contributed by atoms with E-state index in [2.05, 4.69) is 10.5 Å². The number of carbonyl (C=O) groups excluding carboxylic acids is 1. The Kier molecular flexibility index (Phi) is 6.03. The summed E-state index contributed by atoms with van der Waals surface area (Å²) >= 11 is 6.09. The molecule has 1 amide bonds. The Bertz CT molecular complexity index is 1020. The zero-order valence-corrected chi connectivity index (χ0v) is 15.1. The highest BCUT2D eigenvalue weighted by atomic mass is 35.5. The van der Waals surface area contributed by atoms with Crippen molar-refractivity contribution in [3.05, 3.63) is 81.6 Å². The van der Waals surface area contributed by atoms with Crippen LogP contribution in [0.15, 0.2) is 70.2 Å². The molecule has 1 heterocycles. The number of para-hydroxylation sites is 1. The lowest BCUT2D eigenvalue weighted by Crippen LogP contribution is -2.24. The van der Waals surface area contributed by atoms with Crippen molar-refractivity contribution in [2.45, 2.75) is 0 Å². The summed E-state index contributed by atoms with van der Waals surface area (Å²) in [5.74, 6) is 0.815. The first kappa shape index (κ1) is 19.1. The van der Waals surface area contributed by atoms with Crippen molar-refractivity contribution in [2.75, 3.05) is 6.61 Å². The minimum atomic E-state index is -0.516. The molecule has 3 aromatic rings. The lowest BCUT2D eigenvalue weighted by molar-refractivity contribution is -0.384. The molecule has 142 valence electrons. The molecule has 8 nitrogen and oxygen atoms in total. The number of halogens is 1. The molecule has 0 fully saturated rings. The van der Waals surface area contributed by atoms with E-state index in [-0.39, 0.29) is 12.3 Å². The molecule has 2 aromatic carbocycles. The number of hydrogen-bond donors (Lipinski definition) is 1. The normalized spacial score (nSPS) is 10.8. The fourth-order valence-corrected chi connectivity index (χ4v) is 2.46. The monoisotopic (exact) mass is 399 g/mol. The van der Waals surface area contributed by atoms with Crippen LogP contribution >= 0.6 is 11.6 Å². The number of benzene rings is 2. The number of rotatable bonds is 7. The number of amides is 1. The summed E-state index contributed by atoms with van der Waals surface area (Å²) in [4.78, 5) is 22.1. The molecule has 0 aliphatic carbocycles. The fraction of sp³-hybridized carbons (Fsp3) is 0.0526. The number of nitrogens with one attached hydrogen (secondary N) is 1. The smallest absolute Gasteiger partial charge is 0.277 e. The van der Waals surface area contributed by atoms with E-state index >= 15 is 0 Å². The van der Waals surface area contributed by atoms with Crippen LogP contribution in [0.3, 0.4) is 0 Å². The Morgan fingerprint density at radius 2 is 2.00 bits per heavy atom. The second kappa shape index (κ2) is 8.83. The Morgan fingerprint density at radius 1 is 1.21 bits per heavy atom. The number of carbonyl (C=O) groups is 1. The molecule has 0 aliphatic rings. The molecule has 0 aliphatic heterocycles. The van der Waals surface area contributed by atoms with Gasteiger partial charge in [-0.15, -0.1) is 0 Å². The van der Waals surface area contributed by atoms with Crippen LogP contribution in [-0.2, 0) is 4.79 Å². The molecule has 0 bridgehead atoms. The molecule has 0 spiro atoms. The van der Waals surface area contributed by atoms with Gasteiger partial charge in [0.2, 0.25) is 0 Å². The van der Waals surface area contributed by atoms with E-state index in [1.54, 1.807) is 36.4 Å². The van der Waals surface area contributed by atoms with Crippen LogP contribution in [0.5, 0.6) is 5.75 Å². The van der Waals surface area contributed by atoms with Crippen LogP contribution in [0.25, 0.3) is 11.3 Å². The van der Waals surface area contributed by atoms with Crippen LogP contribution in [0.4, 0.5) is 5.69 Å². The molecule has 0 atom stereocenters. The number of furan rings is 1. The highest BCUT2D eigenvalue weighted by molar-refractivity contribution is 6.33. The standard InChI is InChI=1S/C19H14ClN3O5/c20-17-8-6-13(23(25)26)10-16(17)18-9-7-15(28-18)11-21-22-19(24)12-27-14-4-2-1-3-5-14/h1-11H,12H2,(H,22,24)/b21-11-. The molecule has 1 N–H and O–H groups in total. The van der Waals surface area contributed by atoms with E-state index in [0.717, 1.165) is 0 Å². The molecule has 0 unspecified atom stereocenters. The van der Waals surface area contributed by atoms with Gasteiger partial charge < -0.3 is 9.15 Å². The minimum absolute atomic E-state index is 0.100. The summed E-state index contributed by atoms with van der Waals surface area (Å²) in [6, 6.07) is 16.2. The topological polar surface area (TPSA) is 107 Å². The highest BCUT2D eigenvalue weighted by Crippen LogP contribution is 2.32. The lowest BCUT2D eigenvalue weighted by Gasteiger charge is -2.03. The average molecular weight is 400 g/mol. The minimum Gasteiger partial charge on any atom is -0.484 e. The summed E-state index contributed by atoms with van der Waals surface area (Å²) in [7, 11) is 0. The van der Waals surface area contributed by atoms with Crippen LogP contribution < -0.4 is 10.2 Å².